The van der Waals surface area contributed by atoms with Crippen LogP contribution in [0.4, 0.5) is 0 Å². The molecule has 0 bridgehead atoms. The van der Waals surface area contributed by atoms with E-state index in [9.17, 15) is 0 Å². The molecule has 98 valence electrons. The molecule has 0 N–H and O–H groups in total. The molecule has 2 nitrogen and oxygen atoms in total. The van der Waals surface area contributed by atoms with Gasteiger partial charge in [0.2, 0.25) is 0 Å². The van der Waals surface area contributed by atoms with Gasteiger partial charge in [0.1, 0.15) is 16.5 Å². The second-order valence-electron chi connectivity index (χ2n) is 6.74. The summed E-state index contributed by atoms with van der Waals surface area (Å²) in [5, 5.41) is 8.97. The van der Waals surface area contributed by atoms with Crippen LogP contribution in [0.5, 0.6) is 0 Å². The molecule has 0 unspecified atom stereocenters. The summed E-state index contributed by atoms with van der Waals surface area (Å²) in [7, 11) is -2.64. The molecule has 0 spiro atoms. The van der Waals surface area contributed by atoms with Crippen LogP contribution in [-0.4, -0.2) is 20.7 Å². The number of nitrogens with zero attached hydrogens (tertiary/aromatic N) is 2. The first kappa shape index (κ1) is 15.2. The number of rotatable bonds is 4. The maximum absolute atomic E-state index is 8.97. The van der Waals surface area contributed by atoms with E-state index in [2.05, 4.69) is 55.6 Å². The largest absolute Gasteiger partial charge is 0.342 e. The fourth-order valence-electron chi connectivity index (χ4n) is 2.40. The van der Waals surface area contributed by atoms with E-state index in [-0.39, 0.29) is 0 Å². The number of benzene rings is 1. The van der Waals surface area contributed by atoms with E-state index in [1.54, 1.807) is 0 Å². The lowest BCUT2D eigenvalue weighted by Crippen LogP contribution is -2.58. The highest BCUT2D eigenvalue weighted by atomic mass is 28.4. The van der Waals surface area contributed by atoms with Crippen molar-refractivity contribution in [2.45, 2.75) is 45.8 Å². The molecule has 1 aromatic carbocycles. The Morgan fingerprint density at radius 3 is 2.06 bits per heavy atom. The number of nitriles is 1. The summed E-state index contributed by atoms with van der Waals surface area (Å²) in [5.74, 6) is 0. The molecule has 1 aromatic rings. The Kier molecular flexibility index (Phi) is 4.54. The summed E-state index contributed by atoms with van der Waals surface area (Å²) in [6, 6.07) is 10.2. The van der Waals surface area contributed by atoms with Crippen LogP contribution in [0.1, 0.15) is 11.1 Å². The van der Waals surface area contributed by atoms with Gasteiger partial charge in [-0.3, -0.25) is 0 Å². The lowest BCUT2D eigenvalue weighted by molar-refractivity contribution is 0.611. The summed E-state index contributed by atoms with van der Waals surface area (Å²) in [6.07, 6.45) is 0. The standard InChI is InChI=1S/C14H24N2Si2/c1-17(2,3)16(18(4,5)6)12-14-9-7-8-13(10-14)11-15/h7-10H,12H2,1-6H3. The fraction of sp³-hybridized carbons (Fsp3) is 0.500. The van der Waals surface area contributed by atoms with Crippen molar-refractivity contribution in [3.63, 3.8) is 0 Å². The molecule has 0 heterocycles. The average Bonchev–Trinajstić information content (AvgIpc) is 2.23. The first-order valence-corrected chi connectivity index (χ1v) is 13.3. The van der Waals surface area contributed by atoms with E-state index >= 15 is 0 Å². The second-order valence-corrected chi connectivity index (χ2v) is 17.0. The van der Waals surface area contributed by atoms with Gasteiger partial charge >= 0.3 is 0 Å². The van der Waals surface area contributed by atoms with Gasteiger partial charge in [0, 0.05) is 6.54 Å². The minimum absolute atomic E-state index is 0.763. The fourth-order valence-corrected chi connectivity index (χ4v) is 11.8. The zero-order valence-electron chi connectivity index (χ0n) is 12.4. The van der Waals surface area contributed by atoms with Crippen molar-refractivity contribution in [1.29, 1.82) is 5.26 Å². The van der Waals surface area contributed by atoms with Crippen molar-refractivity contribution in [2.75, 3.05) is 0 Å². The van der Waals surface area contributed by atoms with Crippen LogP contribution in [0.15, 0.2) is 24.3 Å². The van der Waals surface area contributed by atoms with E-state index in [1.165, 1.54) is 5.56 Å². The van der Waals surface area contributed by atoms with Crippen molar-refractivity contribution in [2.24, 2.45) is 0 Å². The molecule has 0 aliphatic heterocycles. The minimum atomic E-state index is -1.32. The predicted octanol–water partition coefficient (Wildman–Crippen LogP) is 4.03. The summed E-state index contributed by atoms with van der Waals surface area (Å²) in [5.41, 5.74) is 2.03. The van der Waals surface area contributed by atoms with E-state index in [0.717, 1.165) is 12.1 Å². The number of hydrogen-bond donors (Lipinski definition) is 0. The third-order valence-corrected chi connectivity index (χ3v) is 10.6. The summed E-state index contributed by atoms with van der Waals surface area (Å²) >= 11 is 0. The highest BCUT2D eigenvalue weighted by Gasteiger charge is 2.34. The predicted molar refractivity (Wildman–Crippen MR) is 83.4 cm³/mol. The Morgan fingerprint density at radius 2 is 1.61 bits per heavy atom. The van der Waals surface area contributed by atoms with Gasteiger partial charge in [0.25, 0.3) is 0 Å². The molecule has 0 atom stereocenters. The van der Waals surface area contributed by atoms with E-state index in [1.807, 2.05) is 18.2 Å². The van der Waals surface area contributed by atoms with Crippen LogP contribution in [0.2, 0.25) is 39.3 Å². The van der Waals surface area contributed by atoms with Crippen molar-refractivity contribution in [3.05, 3.63) is 35.4 Å². The molecular formula is C14H24N2Si2. The molecule has 0 aliphatic carbocycles. The zero-order chi connectivity index (χ0) is 14.0. The molecule has 0 amide bonds. The first-order chi connectivity index (χ1) is 8.14. The minimum Gasteiger partial charge on any atom is -0.342 e. The van der Waals surface area contributed by atoms with Crippen LogP contribution in [0.3, 0.4) is 0 Å². The van der Waals surface area contributed by atoms with Crippen LogP contribution in [0.25, 0.3) is 0 Å². The van der Waals surface area contributed by atoms with Crippen LogP contribution < -0.4 is 0 Å². The molecule has 0 aromatic heterocycles. The van der Waals surface area contributed by atoms with E-state index < -0.39 is 16.5 Å². The molecule has 0 fully saturated rings. The topological polar surface area (TPSA) is 27.0 Å². The van der Waals surface area contributed by atoms with Gasteiger partial charge in [-0.15, -0.1) is 0 Å². The Bertz CT molecular complexity index is 436. The van der Waals surface area contributed by atoms with Gasteiger partial charge < -0.3 is 4.23 Å². The molecule has 0 aliphatic rings. The average molecular weight is 277 g/mol. The molecule has 0 radical (unpaired) electrons. The van der Waals surface area contributed by atoms with Gasteiger partial charge in [0.15, 0.2) is 0 Å². The van der Waals surface area contributed by atoms with Gasteiger partial charge in [0.05, 0.1) is 11.6 Å². The highest BCUT2D eigenvalue weighted by molar-refractivity contribution is 6.89. The van der Waals surface area contributed by atoms with E-state index in [4.69, 9.17) is 5.26 Å². The molecule has 1 rings (SSSR count). The quantitative estimate of drug-likeness (QED) is 0.776. The first-order valence-electron chi connectivity index (χ1n) is 6.41. The lowest BCUT2D eigenvalue weighted by atomic mass is 10.1. The third kappa shape index (κ3) is 4.09. The molecule has 18 heavy (non-hydrogen) atoms. The van der Waals surface area contributed by atoms with Crippen LogP contribution in [0, 0.1) is 11.3 Å². The Hall–Kier alpha value is -0.896. The van der Waals surface area contributed by atoms with Crippen molar-refractivity contribution in [3.8, 4) is 6.07 Å². The molecule has 0 saturated carbocycles. The van der Waals surface area contributed by atoms with Crippen molar-refractivity contribution >= 4 is 16.5 Å². The third-order valence-electron chi connectivity index (χ3n) is 3.02. The number of hydrogen-bond acceptors (Lipinski definition) is 2. The normalized spacial score (nSPS) is 12.6. The van der Waals surface area contributed by atoms with Crippen LogP contribution >= 0.6 is 0 Å². The smallest absolute Gasteiger partial charge is 0.112 e. The van der Waals surface area contributed by atoms with Gasteiger partial charge in [-0.2, -0.15) is 5.26 Å². The Labute approximate surface area is 113 Å². The second kappa shape index (κ2) is 5.39. The summed E-state index contributed by atoms with van der Waals surface area (Å²) in [6.45, 7) is 15.4. The molecule has 0 saturated heterocycles. The monoisotopic (exact) mass is 276 g/mol. The summed E-state index contributed by atoms with van der Waals surface area (Å²) in [4.78, 5) is 0. The SMILES string of the molecule is C[Si](C)(C)N(Cc1cccc(C#N)c1)[Si](C)(C)C. The highest BCUT2D eigenvalue weighted by Crippen LogP contribution is 2.22. The molecule has 4 heteroatoms. The maximum atomic E-state index is 8.97. The summed E-state index contributed by atoms with van der Waals surface area (Å²) < 4.78 is 2.73. The van der Waals surface area contributed by atoms with Crippen molar-refractivity contribution in [1.82, 2.24) is 4.23 Å². The zero-order valence-corrected chi connectivity index (χ0v) is 14.4. The van der Waals surface area contributed by atoms with Crippen LogP contribution in [-0.2, 0) is 6.54 Å². The van der Waals surface area contributed by atoms with Gasteiger partial charge in [-0.05, 0) is 17.7 Å². The van der Waals surface area contributed by atoms with Gasteiger partial charge in [-0.1, -0.05) is 51.4 Å². The maximum Gasteiger partial charge on any atom is 0.112 e. The van der Waals surface area contributed by atoms with Gasteiger partial charge in [-0.25, -0.2) is 0 Å². The lowest BCUT2D eigenvalue weighted by Gasteiger charge is -2.43. The van der Waals surface area contributed by atoms with E-state index in [0.29, 0.717) is 0 Å². The Balaban J connectivity index is 3.01. The van der Waals surface area contributed by atoms with Crippen molar-refractivity contribution < 1.29 is 0 Å². The Morgan fingerprint density at radius 1 is 1.06 bits per heavy atom. The molecular weight excluding hydrogens is 252 g/mol.